The van der Waals surface area contributed by atoms with Gasteiger partial charge in [0.05, 0.1) is 12.1 Å². The lowest BCUT2D eigenvalue weighted by atomic mass is 9.96. The summed E-state index contributed by atoms with van der Waals surface area (Å²) in [6, 6.07) is 19.0. The molecule has 3 heterocycles. The summed E-state index contributed by atoms with van der Waals surface area (Å²) >= 11 is 3.30. The van der Waals surface area contributed by atoms with Crippen LogP contribution in [0.15, 0.2) is 72.0 Å². The third-order valence-corrected chi connectivity index (χ3v) is 6.79. The molecule has 2 aliphatic heterocycles. The van der Waals surface area contributed by atoms with Crippen LogP contribution in [-0.2, 0) is 21.0 Å². The van der Waals surface area contributed by atoms with Crippen LogP contribution in [0.3, 0.4) is 0 Å². The summed E-state index contributed by atoms with van der Waals surface area (Å²) < 4.78 is 6.35. The molecule has 2 aliphatic rings. The minimum Gasteiger partial charge on any atom is -0.444 e. The van der Waals surface area contributed by atoms with Crippen LogP contribution < -0.4 is 5.32 Å². The van der Waals surface area contributed by atoms with Gasteiger partial charge in [-0.25, -0.2) is 4.79 Å². The number of amides is 2. The number of para-hydroxylation sites is 1. The normalized spacial score (nSPS) is 21.5. The van der Waals surface area contributed by atoms with E-state index in [-0.39, 0.29) is 24.5 Å². The highest BCUT2D eigenvalue weighted by atomic mass is 79.9. The first-order valence-electron chi connectivity index (χ1n) is 11.5. The number of pyridine rings is 1. The van der Waals surface area contributed by atoms with Gasteiger partial charge in [-0.15, -0.1) is 0 Å². The van der Waals surface area contributed by atoms with E-state index in [0.717, 1.165) is 26.7 Å². The highest BCUT2D eigenvalue weighted by Crippen LogP contribution is 2.32. The Bertz CT molecular complexity index is 1250. The number of hydrogen-bond donors (Lipinski definition) is 1. The van der Waals surface area contributed by atoms with E-state index in [1.54, 1.807) is 6.20 Å². The van der Waals surface area contributed by atoms with E-state index in [0.29, 0.717) is 25.9 Å². The molecule has 5 rings (SSSR count). The van der Waals surface area contributed by atoms with Crippen molar-refractivity contribution < 1.29 is 19.2 Å². The zero-order valence-electron chi connectivity index (χ0n) is 19.0. The summed E-state index contributed by atoms with van der Waals surface area (Å²) in [6.07, 6.45) is 2.09. The first kappa shape index (κ1) is 23.3. The third-order valence-electron chi connectivity index (χ3n) is 6.32. The zero-order chi connectivity index (χ0) is 24.2. The fraction of sp³-hybridized carbons (Fsp3) is 0.308. The van der Waals surface area contributed by atoms with Crippen molar-refractivity contribution in [3.05, 3.63) is 78.0 Å². The lowest BCUT2D eigenvalue weighted by Gasteiger charge is -2.23. The van der Waals surface area contributed by atoms with Gasteiger partial charge >= 0.3 is 6.09 Å². The Morgan fingerprint density at radius 1 is 1.14 bits per heavy atom. The summed E-state index contributed by atoms with van der Waals surface area (Å²) in [6.45, 7) is 0.805. The second kappa shape index (κ2) is 10.4. The number of carbonyl (C=O) groups excluding carboxylic acids is 2. The molecule has 180 valence electrons. The van der Waals surface area contributed by atoms with Crippen LogP contribution in [0, 0.1) is 0 Å². The standard InChI is InChI=1S/C26H25BrN4O4/c27-24-12-21(35-30-24)14-29-25(32)23-11-20(18-6-2-1-3-7-18)15-31(23)26(33)34-16-17-10-19-8-4-5-9-22(19)28-13-17/h1-10,13,20-21,23H,11-12,14-16H2,(H,29,32). The van der Waals surface area contributed by atoms with Crippen molar-refractivity contribution in [2.24, 2.45) is 5.16 Å². The Morgan fingerprint density at radius 2 is 1.94 bits per heavy atom. The molecule has 8 nitrogen and oxygen atoms in total. The van der Waals surface area contributed by atoms with E-state index in [9.17, 15) is 9.59 Å². The van der Waals surface area contributed by atoms with Crippen molar-refractivity contribution in [2.75, 3.05) is 13.1 Å². The van der Waals surface area contributed by atoms with Gasteiger partial charge in [-0.05, 0) is 40.0 Å². The van der Waals surface area contributed by atoms with Crippen LogP contribution in [0.1, 0.15) is 29.9 Å². The predicted octanol–water partition coefficient (Wildman–Crippen LogP) is 4.34. The average molecular weight is 537 g/mol. The van der Waals surface area contributed by atoms with Gasteiger partial charge in [0.1, 0.15) is 17.3 Å². The highest BCUT2D eigenvalue weighted by molar-refractivity contribution is 9.18. The molecule has 2 aromatic carbocycles. The van der Waals surface area contributed by atoms with Crippen molar-refractivity contribution in [1.82, 2.24) is 15.2 Å². The molecular formula is C26H25BrN4O4. The maximum Gasteiger partial charge on any atom is 0.410 e. The minimum atomic E-state index is -0.631. The number of likely N-dealkylation sites (tertiary alicyclic amines) is 1. The van der Waals surface area contributed by atoms with Gasteiger partial charge in [0.15, 0.2) is 6.10 Å². The molecule has 3 unspecified atom stereocenters. The highest BCUT2D eigenvalue weighted by Gasteiger charge is 2.41. The Balaban J connectivity index is 1.26. The number of halogens is 1. The molecule has 3 atom stereocenters. The minimum absolute atomic E-state index is 0.0436. The number of fused-ring (bicyclic) bond motifs is 1. The van der Waals surface area contributed by atoms with Gasteiger partial charge in [0, 0.05) is 36.0 Å². The molecule has 35 heavy (non-hydrogen) atoms. The number of rotatable bonds is 6. The largest absolute Gasteiger partial charge is 0.444 e. The summed E-state index contributed by atoms with van der Waals surface area (Å²) in [5.74, 6) is -0.179. The maximum absolute atomic E-state index is 13.1. The molecule has 0 spiro atoms. The Morgan fingerprint density at radius 3 is 2.74 bits per heavy atom. The summed E-state index contributed by atoms with van der Waals surface area (Å²) in [7, 11) is 0. The first-order chi connectivity index (χ1) is 17.1. The number of aromatic nitrogens is 1. The number of nitrogens with zero attached hydrogens (tertiary/aromatic N) is 3. The molecule has 1 N–H and O–H groups in total. The quantitative estimate of drug-likeness (QED) is 0.505. The van der Waals surface area contributed by atoms with Crippen molar-refractivity contribution in [2.45, 2.75) is 37.5 Å². The van der Waals surface area contributed by atoms with E-state index in [1.807, 2.05) is 60.7 Å². The van der Waals surface area contributed by atoms with Gasteiger partial charge in [-0.2, -0.15) is 0 Å². The third kappa shape index (κ3) is 5.45. The zero-order valence-corrected chi connectivity index (χ0v) is 20.6. The molecule has 9 heteroatoms. The summed E-state index contributed by atoms with van der Waals surface area (Å²) in [5.41, 5.74) is 2.77. The summed E-state index contributed by atoms with van der Waals surface area (Å²) in [4.78, 5) is 37.5. The van der Waals surface area contributed by atoms with E-state index in [1.165, 1.54) is 4.90 Å². The van der Waals surface area contributed by atoms with Crippen LogP contribution in [-0.4, -0.2) is 51.7 Å². The lowest BCUT2D eigenvalue weighted by molar-refractivity contribution is -0.125. The molecule has 3 aromatic rings. The lowest BCUT2D eigenvalue weighted by Crippen LogP contribution is -2.47. The molecule has 0 radical (unpaired) electrons. The monoisotopic (exact) mass is 536 g/mol. The Hall–Kier alpha value is -3.46. The smallest absolute Gasteiger partial charge is 0.410 e. The maximum atomic E-state index is 13.1. The van der Waals surface area contributed by atoms with Crippen molar-refractivity contribution >= 4 is 43.5 Å². The molecule has 0 aliphatic carbocycles. The first-order valence-corrected chi connectivity index (χ1v) is 12.3. The number of nitrogens with one attached hydrogen (secondary N) is 1. The second-order valence-corrected chi connectivity index (χ2v) is 9.66. The SMILES string of the molecule is O=C(NCC1CC(Br)=NO1)C1CC(c2ccccc2)CN1C(=O)OCc1cnc2ccccc2c1. The van der Waals surface area contributed by atoms with Gasteiger partial charge in [0.2, 0.25) is 5.91 Å². The number of oxime groups is 1. The van der Waals surface area contributed by atoms with Gasteiger partial charge in [-0.1, -0.05) is 53.7 Å². The van der Waals surface area contributed by atoms with E-state index >= 15 is 0 Å². The number of carbonyl (C=O) groups is 2. The Kier molecular flexibility index (Phi) is 6.94. The van der Waals surface area contributed by atoms with Gasteiger partial charge < -0.3 is 14.9 Å². The number of hydrogen-bond acceptors (Lipinski definition) is 6. The number of benzene rings is 2. The van der Waals surface area contributed by atoms with Crippen molar-refractivity contribution in [1.29, 1.82) is 0 Å². The molecule has 2 amide bonds. The van der Waals surface area contributed by atoms with E-state index < -0.39 is 12.1 Å². The van der Waals surface area contributed by atoms with E-state index in [4.69, 9.17) is 9.57 Å². The summed E-state index contributed by atoms with van der Waals surface area (Å²) in [5, 5.41) is 7.75. The molecule has 0 saturated carbocycles. The van der Waals surface area contributed by atoms with Gasteiger partial charge in [0.25, 0.3) is 0 Å². The van der Waals surface area contributed by atoms with Crippen molar-refractivity contribution in [3.8, 4) is 0 Å². The Labute approximate surface area is 211 Å². The fourth-order valence-electron chi connectivity index (χ4n) is 4.51. The average Bonchev–Trinajstić information content (AvgIpc) is 3.53. The number of ether oxygens (including phenoxy) is 1. The van der Waals surface area contributed by atoms with Crippen LogP contribution in [0.2, 0.25) is 0 Å². The molecule has 1 aromatic heterocycles. The molecular weight excluding hydrogens is 512 g/mol. The van der Waals surface area contributed by atoms with Crippen LogP contribution >= 0.6 is 15.9 Å². The van der Waals surface area contributed by atoms with Gasteiger partial charge in [-0.3, -0.25) is 14.7 Å². The predicted molar refractivity (Wildman–Crippen MR) is 135 cm³/mol. The topological polar surface area (TPSA) is 93.1 Å². The van der Waals surface area contributed by atoms with Crippen LogP contribution in [0.25, 0.3) is 10.9 Å². The fourth-order valence-corrected chi connectivity index (χ4v) is 4.96. The van der Waals surface area contributed by atoms with Crippen LogP contribution in [0.5, 0.6) is 0 Å². The molecule has 0 bridgehead atoms. The molecule has 1 saturated heterocycles. The van der Waals surface area contributed by atoms with Crippen LogP contribution in [0.4, 0.5) is 4.79 Å². The van der Waals surface area contributed by atoms with Crippen molar-refractivity contribution in [3.63, 3.8) is 0 Å². The second-order valence-electron chi connectivity index (χ2n) is 8.75. The molecule has 1 fully saturated rings. The van der Waals surface area contributed by atoms with E-state index in [2.05, 4.69) is 31.4 Å².